The fourth-order valence-electron chi connectivity index (χ4n) is 3.40. The second-order valence-electron chi connectivity index (χ2n) is 7.55. The number of aryl methyl sites for hydroxylation is 2. The number of nitrogens with one attached hydrogen (secondary N) is 1. The van der Waals surface area contributed by atoms with E-state index in [9.17, 15) is 14.4 Å². The van der Waals surface area contributed by atoms with Crippen molar-refractivity contribution >= 4 is 52.0 Å². The average Bonchev–Trinajstić information content (AvgIpc) is 3.31. The standard InChI is InChI=1S/C22H21N5O4S/c1-12-7-8-13(2)14(10-12)23-16(28)11-32-20-17-19(26(3)22(30)27(4)21(17)29)24-18(25-20)15-6-5-9-31-15/h5-10,17H,11H2,1-4H3/p+1. The molecule has 2 aliphatic rings. The molecule has 0 aliphatic carbocycles. The van der Waals surface area contributed by atoms with Crippen molar-refractivity contribution in [2.45, 2.75) is 13.8 Å². The van der Waals surface area contributed by atoms with Crippen molar-refractivity contribution in [1.82, 2.24) is 4.90 Å². The molecule has 0 spiro atoms. The summed E-state index contributed by atoms with van der Waals surface area (Å²) in [7, 11) is 2.97. The number of aliphatic imine (C=N–C) groups is 2. The van der Waals surface area contributed by atoms with Gasteiger partial charge in [0.05, 0.1) is 26.1 Å². The van der Waals surface area contributed by atoms with Crippen LogP contribution in [0.1, 0.15) is 16.9 Å². The number of amidine groups is 2. The molecule has 4 amide bonds. The zero-order valence-corrected chi connectivity index (χ0v) is 18.9. The number of amides is 4. The maximum absolute atomic E-state index is 12.9. The molecule has 1 aromatic heterocycles. The second-order valence-corrected chi connectivity index (χ2v) is 8.54. The number of benzene rings is 1. The monoisotopic (exact) mass is 452 g/mol. The molecule has 4 rings (SSSR count). The van der Waals surface area contributed by atoms with Crippen LogP contribution in [-0.4, -0.2) is 63.9 Å². The minimum Gasteiger partial charge on any atom is -0.459 e. The Morgan fingerprint density at radius 3 is 2.75 bits per heavy atom. The molecule has 0 radical (unpaired) electrons. The van der Waals surface area contributed by atoms with E-state index in [0.29, 0.717) is 10.8 Å². The molecule has 164 valence electrons. The summed E-state index contributed by atoms with van der Waals surface area (Å²) in [5.41, 5.74) is 2.73. The number of fused-ring (bicyclic) bond motifs is 1. The zero-order chi connectivity index (χ0) is 23.0. The summed E-state index contributed by atoms with van der Waals surface area (Å²) in [6, 6.07) is 8.74. The summed E-state index contributed by atoms with van der Waals surface area (Å²) in [4.78, 5) is 48.0. The van der Waals surface area contributed by atoms with E-state index >= 15 is 0 Å². The van der Waals surface area contributed by atoms with Crippen molar-refractivity contribution in [2.24, 2.45) is 15.9 Å². The SMILES string of the molecule is Cc1ccc(C)c(NC(=O)CSC2=NC(c3ccco3)=NC3=[N+](C)C(=O)N(C)C(=O)C23)c1. The van der Waals surface area contributed by atoms with Crippen molar-refractivity contribution in [3.8, 4) is 0 Å². The maximum atomic E-state index is 12.9. The van der Waals surface area contributed by atoms with Crippen LogP contribution in [0.2, 0.25) is 0 Å². The van der Waals surface area contributed by atoms with Gasteiger partial charge in [-0.05, 0) is 43.2 Å². The van der Waals surface area contributed by atoms with Gasteiger partial charge < -0.3 is 9.73 Å². The van der Waals surface area contributed by atoms with Gasteiger partial charge in [0.1, 0.15) is 5.04 Å². The van der Waals surface area contributed by atoms with E-state index in [1.54, 1.807) is 19.2 Å². The molecule has 9 nitrogen and oxygen atoms in total. The first kappa shape index (κ1) is 21.7. The van der Waals surface area contributed by atoms with Crippen LogP contribution in [0.15, 0.2) is 51.0 Å². The van der Waals surface area contributed by atoms with E-state index < -0.39 is 17.9 Å². The average molecular weight is 453 g/mol. The van der Waals surface area contributed by atoms with Crippen LogP contribution in [0, 0.1) is 19.8 Å². The van der Waals surface area contributed by atoms with Crippen molar-refractivity contribution in [1.29, 1.82) is 0 Å². The van der Waals surface area contributed by atoms with E-state index in [-0.39, 0.29) is 23.3 Å². The van der Waals surface area contributed by atoms with Crippen molar-refractivity contribution in [3.05, 3.63) is 53.5 Å². The molecule has 2 aromatic rings. The fourth-order valence-corrected chi connectivity index (χ4v) is 4.28. The normalized spacial score (nSPS) is 18.4. The molecule has 3 heterocycles. The van der Waals surface area contributed by atoms with Crippen LogP contribution in [-0.2, 0) is 9.59 Å². The number of furan rings is 1. The first-order valence-corrected chi connectivity index (χ1v) is 10.9. The highest BCUT2D eigenvalue weighted by Gasteiger charge is 2.49. The van der Waals surface area contributed by atoms with E-state index in [2.05, 4.69) is 15.3 Å². The van der Waals surface area contributed by atoms with Crippen molar-refractivity contribution < 1.29 is 23.4 Å². The Balaban J connectivity index is 1.62. The van der Waals surface area contributed by atoms with Gasteiger partial charge in [0.25, 0.3) is 11.7 Å². The number of carbonyl (C=O) groups excluding carboxylic acids is 3. The van der Waals surface area contributed by atoms with E-state index in [0.717, 1.165) is 33.5 Å². The molecule has 0 saturated carbocycles. The zero-order valence-electron chi connectivity index (χ0n) is 18.1. The Kier molecular flexibility index (Phi) is 5.79. The number of carbonyl (C=O) groups is 3. The van der Waals surface area contributed by atoms with Gasteiger partial charge in [-0.15, -0.1) is 0 Å². The van der Waals surface area contributed by atoms with E-state index in [1.807, 2.05) is 32.0 Å². The Bertz CT molecular complexity index is 1210. The Morgan fingerprint density at radius 2 is 2.03 bits per heavy atom. The lowest BCUT2D eigenvalue weighted by atomic mass is 10.0. The van der Waals surface area contributed by atoms with Crippen LogP contribution in [0.5, 0.6) is 0 Å². The molecule has 32 heavy (non-hydrogen) atoms. The third-order valence-electron chi connectivity index (χ3n) is 5.20. The first-order chi connectivity index (χ1) is 15.3. The third kappa shape index (κ3) is 4.01. The number of thioether (sulfide) groups is 1. The molecule has 2 aliphatic heterocycles. The number of anilines is 1. The number of nitrogens with zero attached hydrogens (tertiary/aromatic N) is 4. The van der Waals surface area contributed by atoms with Gasteiger partial charge in [-0.25, -0.2) is 9.79 Å². The number of hydrogen-bond donors (Lipinski definition) is 1. The second kappa shape index (κ2) is 8.54. The molecule has 1 aromatic carbocycles. The predicted molar refractivity (Wildman–Crippen MR) is 123 cm³/mol. The van der Waals surface area contributed by atoms with E-state index in [1.165, 1.54) is 17.9 Å². The first-order valence-electron chi connectivity index (χ1n) is 9.89. The van der Waals surface area contributed by atoms with Gasteiger partial charge in [0, 0.05) is 5.69 Å². The van der Waals surface area contributed by atoms with Gasteiger partial charge in [-0.3, -0.25) is 9.59 Å². The molecule has 1 unspecified atom stereocenters. The highest BCUT2D eigenvalue weighted by Crippen LogP contribution is 2.27. The van der Waals surface area contributed by atoms with Crippen LogP contribution in [0.3, 0.4) is 0 Å². The molecular weight excluding hydrogens is 430 g/mol. The summed E-state index contributed by atoms with van der Waals surface area (Å²) < 4.78 is 6.72. The Labute approximate surface area is 188 Å². The van der Waals surface area contributed by atoms with Crippen molar-refractivity contribution in [2.75, 3.05) is 25.2 Å². The number of rotatable bonds is 4. The van der Waals surface area contributed by atoms with Crippen molar-refractivity contribution in [3.63, 3.8) is 0 Å². The predicted octanol–water partition coefficient (Wildman–Crippen LogP) is 2.68. The summed E-state index contributed by atoms with van der Waals surface area (Å²) in [5, 5.41) is 3.29. The van der Waals surface area contributed by atoms with Gasteiger partial charge in [0.15, 0.2) is 11.7 Å². The largest absolute Gasteiger partial charge is 0.459 e. The molecule has 0 fully saturated rings. The molecule has 1 atom stereocenters. The fraction of sp³-hybridized carbons (Fsp3) is 0.273. The molecular formula is C22H22N5O4S+. The summed E-state index contributed by atoms with van der Waals surface area (Å²) >= 11 is 1.14. The van der Waals surface area contributed by atoms with Gasteiger partial charge in [-0.2, -0.15) is 9.48 Å². The smallest absolute Gasteiger partial charge is 0.445 e. The third-order valence-corrected chi connectivity index (χ3v) is 6.23. The summed E-state index contributed by atoms with van der Waals surface area (Å²) in [5.74, 6) is -0.577. The Hall–Kier alpha value is -3.53. The summed E-state index contributed by atoms with van der Waals surface area (Å²) in [6.45, 7) is 3.88. The number of hydrogen-bond acceptors (Lipinski definition) is 7. The van der Waals surface area contributed by atoms with Gasteiger partial charge >= 0.3 is 11.9 Å². The maximum Gasteiger partial charge on any atom is 0.445 e. The van der Waals surface area contributed by atoms with E-state index in [4.69, 9.17) is 4.42 Å². The number of urea groups is 1. The Morgan fingerprint density at radius 1 is 1.25 bits per heavy atom. The minimum absolute atomic E-state index is 0.0378. The lowest BCUT2D eigenvalue weighted by Gasteiger charge is -2.26. The van der Waals surface area contributed by atoms with Crippen LogP contribution in [0.25, 0.3) is 0 Å². The topological polar surface area (TPSA) is 107 Å². The summed E-state index contributed by atoms with van der Waals surface area (Å²) in [6.07, 6.45) is 1.49. The van der Waals surface area contributed by atoms with Crippen LogP contribution >= 0.6 is 11.8 Å². The highest BCUT2D eigenvalue weighted by molar-refractivity contribution is 8.14. The quantitative estimate of drug-likeness (QED) is 0.718. The van der Waals surface area contributed by atoms with Gasteiger partial charge in [-0.1, -0.05) is 28.9 Å². The lowest BCUT2D eigenvalue weighted by Crippen LogP contribution is -2.54. The van der Waals surface area contributed by atoms with Crippen LogP contribution < -0.4 is 5.32 Å². The highest BCUT2D eigenvalue weighted by atomic mass is 32.2. The molecule has 10 heteroatoms. The van der Waals surface area contributed by atoms with Gasteiger partial charge in [0.2, 0.25) is 5.91 Å². The number of imide groups is 1. The van der Waals surface area contributed by atoms with Crippen LogP contribution in [0.4, 0.5) is 10.5 Å². The minimum atomic E-state index is -0.861. The molecule has 1 N–H and O–H groups in total. The molecule has 0 bridgehead atoms. The lowest BCUT2D eigenvalue weighted by molar-refractivity contribution is -0.407. The molecule has 0 saturated heterocycles.